The highest BCUT2D eigenvalue weighted by Gasteiger charge is 2.10. The van der Waals surface area contributed by atoms with Crippen molar-refractivity contribution in [1.82, 2.24) is 4.72 Å². The minimum Gasteiger partial charge on any atom is -0.465 e. The summed E-state index contributed by atoms with van der Waals surface area (Å²) < 4.78 is 29.0. The Bertz CT molecular complexity index is 580. The van der Waals surface area contributed by atoms with E-state index in [2.05, 4.69) is 14.8 Å². The van der Waals surface area contributed by atoms with Crippen molar-refractivity contribution < 1.29 is 22.7 Å². The normalized spacial score (nSPS) is 10.9. The predicted octanol–water partition coefficient (Wildman–Crippen LogP) is 0.351. The Morgan fingerprint density at radius 3 is 2.30 bits per heavy atom. The van der Waals surface area contributed by atoms with E-state index in [4.69, 9.17) is 0 Å². The number of methoxy groups -OCH3 is 1. The number of nitrogens with one attached hydrogen (secondary N) is 2. The fraction of sp³-hybridized carbons (Fsp3) is 0.333. The number of benzene rings is 1. The lowest BCUT2D eigenvalue weighted by Crippen LogP contribution is -2.33. The zero-order chi connectivity index (χ0) is 15.2. The van der Waals surface area contributed by atoms with Gasteiger partial charge in [-0.3, -0.25) is 4.79 Å². The summed E-state index contributed by atoms with van der Waals surface area (Å²) in [5.41, 5.74) is 0.815. The summed E-state index contributed by atoms with van der Waals surface area (Å²) in [4.78, 5) is 22.7. The summed E-state index contributed by atoms with van der Waals surface area (Å²) in [6.07, 6.45) is 0. The molecule has 0 atom stereocenters. The van der Waals surface area contributed by atoms with E-state index in [9.17, 15) is 18.0 Å². The highest BCUT2D eigenvalue weighted by Crippen LogP contribution is 2.10. The molecule has 0 radical (unpaired) electrons. The van der Waals surface area contributed by atoms with E-state index in [1.165, 1.54) is 38.3 Å². The van der Waals surface area contributed by atoms with Crippen LogP contribution in [0.4, 0.5) is 5.69 Å². The second-order valence-corrected chi connectivity index (χ2v) is 5.94. The molecule has 1 aromatic rings. The van der Waals surface area contributed by atoms with Crippen LogP contribution in [-0.4, -0.2) is 39.7 Å². The average Bonchev–Trinajstić information content (AvgIpc) is 2.45. The lowest BCUT2D eigenvalue weighted by atomic mass is 10.2. The molecule has 1 amide bonds. The fourth-order valence-corrected chi connectivity index (χ4v) is 1.85. The molecular formula is C12H16N2O5S. The zero-order valence-corrected chi connectivity index (χ0v) is 12.0. The lowest BCUT2D eigenvalue weighted by molar-refractivity contribution is -0.115. The highest BCUT2D eigenvalue weighted by atomic mass is 32.2. The van der Waals surface area contributed by atoms with Crippen LogP contribution < -0.4 is 10.0 Å². The van der Waals surface area contributed by atoms with Crippen molar-refractivity contribution in [1.29, 1.82) is 0 Å². The smallest absolute Gasteiger partial charge is 0.337 e. The Morgan fingerprint density at radius 2 is 1.80 bits per heavy atom. The van der Waals surface area contributed by atoms with Crippen LogP contribution in [0.3, 0.4) is 0 Å². The summed E-state index contributed by atoms with van der Waals surface area (Å²) in [7, 11) is -2.12. The van der Waals surface area contributed by atoms with E-state index >= 15 is 0 Å². The molecule has 8 heteroatoms. The Hall–Kier alpha value is -1.93. The Balaban J connectivity index is 2.57. The molecule has 20 heavy (non-hydrogen) atoms. The first-order valence-electron chi connectivity index (χ1n) is 5.83. The Kier molecular flexibility index (Phi) is 5.66. The van der Waals surface area contributed by atoms with Gasteiger partial charge in [0, 0.05) is 5.69 Å². The van der Waals surface area contributed by atoms with Gasteiger partial charge in [0.05, 0.1) is 25.0 Å². The van der Waals surface area contributed by atoms with E-state index in [1.54, 1.807) is 0 Å². The van der Waals surface area contributed by atoms with E-state index < -0.39 is 21.9 Å². The first-order chi connectivity index (χ1) is 9.38. The maximum absolute atomic E-state index is 11.5. The third kappa shape index (κ3) is 4.98. The van der Waals surface area contributed by atoms with Gasteiger partial charge in [0.15, 0.2) is 0 Å². The molecule has 0 saturated carbocycles. The number of carbonyl (C=O) groups is 2. The van der Waals surface area contributed by atoms with Gasteiger partial charge in [-0.15, -0.1) is 0 Å². The molecule has 0 aliphatic heterocycles. The van der Waals surface area contributed by atoms with Gasteiger partial charge >= 0.3 is 5.97 Å². The van der Waals surface area contributed by atoms with Crippen molar-refractivity contribution in [2.75, 3.05) is 24.7 Å². The van der Waals surface area contributed by atoms with Crippen LogP contribution in [0.2, 0.25) is 0 Å². The van der Waals surface area contributed by atoms with Crippen LogP contribution in [0, 0.1) is 0 Å². The Morgan fingerprint density at radius 1 is 1.20 bits per heavy atom. The number of amides is 1. The summed E-state index contributed by atoms with van der Waals surface area (Å²) in [5.74, 6) is -1.06. The molecule has 0 fully saturated rings. The van der Waals surface area contributed by atoms with Gasteiger partial charge in [-0.25, -0.2) is 17.9 Å². The highest BCUT2D eigenvalue weighted by molar-refractivity contribution is 7.89. The monoisotopic (exact) mass is 300 g/mol. The summed E-state index contributed by atoms with van der Waals surface area (Å²) in [5, 5.41) is 2.50. The first kappa shape index (κ1) is 16.1. The standard InChI is InChI=1S/C12H16N2O5S/c1-3-20(17,18)13-8-11(15)14-10-6-4-9(5-7-10)12(16)19-2/h4-7,13H,3,8H2,1-2H3,(H,14,15). The molecular weight excluding hydrogens is 284 g/mol. The third-order valence-electron chi connectivity index (χ3n) is 2.42. The van der Waals surface area contributed by atoms with Crippen molar-refractivity contribution in [3.05, 3.63) is 29.8 Å². The topological polar surface area (TPSA) is 102 Å². The number of hydrogen-bond donors (Lipinski definition) is 2. The number of sulfonamides is 1. The van der Waals surface area contributed by atoms with Crippen LogP contribution in [0.25, 0.3) is 0 Å². The van der Waals surface area contributed by atoms with Gasteiger partial charge in [-0.2, -0.15) is 0 Å². The molecule has 0 unspecified atom stereocenters. The van der Waals surface area contributed by atoms with Crippen LogP contribution in [0.1, 0.15) is 17.3 Å². The van der Waals surface area contributed by atoms with Gasteiger partial charge in [0.1, 0.15) is 0 Å². The van der Waals surface area contributed by atoms with Crippen LogP contribution in [-0.2, 0) is 19.6 Å². The maximum Gasteiger partial charge on any atom is 0.337 e. The number of ether oxygens (including phenoxy) is 1. The molecule has 1 rings (SSSR count). The SMILES string of the molecule is CCS(=O)(=O)NCC(=O)Nc1ccc(C(=O)OC)cc1. The lowest BCUT2D eigenvalue weighted by Gasteiger charge is -2.07. The third-order valence-corrected chi connectivity index (χ3v) is 3.77. The fourth-order valence-electron chi connectivity index (χ4n) is 1.29. The predicted molar refractivity (Wildman–Crippen MR) is 73.9 cm³/mol. The number of hydrogen-bond acceptors (Lipinski definition) is 5. The number of esters is 1. The molecule has 0 bridgehead atoms. The van der Waals surface area contributed by atoms with Crippen molar-refractivity contribution in [2.24, 2.45) is 0 Å². The van der Waals surface area contributed by atoms with Crippen LogP contribution >= 0.6 is 0 Å². The molecule has 2 N–H and O–H groups in total. The minimum absolute atomic E-state index is 0.0892. The average molecular weight is 300 g/mol. The van der Waals surface area contributed by atoms with Gasteiger partial charge < -0.3 is 10.1 Å². The summed E-state index contributed by atoms with van der Waals surface area (Å²) >= 11 is 0. The number of carbonyl (C=O) groups excluding carboxylic acids is 2. The molecule has 0 aliphatic rings. The zero-order valence-electron chi connectivity index (χ0n) is 11.2. The van der Waals surface area contributed by atoms with Crippen molar-refractivity contribution in [3.63, 3.8) is 0 Å². The summed E-state index contributed by atoms with van der Waals surface area (Å²) in [6, 6.07) is 6.05. The number of anilines is 1. The second-order valence-electron chi connectivity index (χ2n) is 3.84. The van der Waals surface area contributed by atoms with Gasteiger partial charge in [0.2, 0.25) is 15.9 Å². The van der Waals surface area contributed by atoms with Crippen molar-refractivity contribution in [2.45, 2.75) is 6.92 Å². The first-order valence-corrected chi connectivity index (χ1v) is 7.48. The second kappa shape index (κ2) is 7.01. The molecule has 110 valence electrons. The Labute approximate surface area is 117 Å². The van der Waals surface area contributed by atoms with Crippen LogP contribution in [0.15, 0.2) is 24.3 Å². The molecule has 1 aromatic carbocycles. The van der Waals surface area contributed by atoms with E-state index in [0.29, 0.717) is 11.3 Å². The number of rotatable bonds is 6. The van der Waals surface area contributed by atoms with E-state index in [-0.39, 0.29) is 12.3 Å². The van der Waals surface area contributed by atoms with Gasteiger partial charge in [-0.1, -0.05) is 0 Å². The maximum atomic E-state index is 11.5. The molecule has 0 aliphatic carbocycles. The van der Waals surface area contributed by atoms with Crippen LogP contribution in [0.5, 0.6) is 0 Å². The summed E-state index contributed by atoms with van der Waals surface area (Å²) in [6.45, 7) is 1.14. The van der Waals surface area contributed by atoms with E-state index in [0.717, 1.165) is 0 Å². The largest absolute Gasteiger partial charge is 0.465 e. The van der Waals surface area contributed by atoms with E-state index in [1.807, 2.05) is 0 Å². The van der Waals surface area contributed by atoms with Gasteiger partial charge in [0.25, 0.3) is 0 Å². The quantitative estimate of drug-likeness (QED) is 0.738. The minimum atomic E-state index is -3.40. The molecule has 0 heterocycles. The molecule has 0 aromatic heterocycles. The van der Waals surface area contributed by atoms with Gasteiger partial charge in [-0.05, 0) is 31.2 Å². The molecule has 0 spiro atoms. The van der Waals surface area contributed by atoms with Crippen molar-refractivity contribution in [3.8, 4) is 0 Å². The molecule has 7 nitrogen and oxygen atoms in total. The van der Waals surface area contributed by atoms with Crippen molar-refractivity contribution >= 4 is 27.6 Å². The molecule has 0 saturated heterocycles.